The van der Waals surface area contributed by atoms with Crippen LogP contribution in [0.2, 0.25) is 0 Å². The molecule has 9 heteroatoms. The lowest BCUT2D eigenvalue weighted by atomic mass is 9.98. The van der Waals surface area contributed by atoms with E-state index in [-0.39, 0.29) is 29.8 Å². The Morgan fingerprint density at radius 2 is 1.65 bits per heavy atom. The molecule has 1 aliphatic carbocycles. The van der Waals surface area contributed by atoms with E-state index in [1.807, 2.05) is 36.4 Å². The number of fused-ring (bicyclic) bond motifs is 3. The van der Waals surface area contributed by atoms with E-state index in [0.29, 0.717) is 0 Å². The van der Waals surface area contributed by atoms with Crippen LogP contribution in [0.5, 0.6) is 0 Å². The molecule has 34 heavy (non-hydrogen) atoms. The monoisotopic (exact) mass is 462 g/mol. The molecule has 0 spiro atoms. The number of benzene rings is 2. The summed E-state index contributed by atoms with van der Waals surface area (Å²) in [4.78, 5) is 36.7. The molecular weight excluding hydrogens is 436 g/mol. The Balaban J connectivity index is 1.46. The maximum atomic E-state index is 12.7. The van der Waals surface area contributed by atoms with Crippen molar-refractivity contribution in [3.63, 3.8) is 0 Å². The number of aliphatic carboxylic acids is 1. The SMILES string of the molecule is CC(C)[C@H](NC(=O)c1nn(C)cc1NC(=O)OCC1c2ccccc2-c2ccccc21)C(=O)O. The smallest absolute Gasteiger partial charge is 0.411 e. The second kappa shape index (κ2) is 9.38. The third-order valence-corrected chi connectivity index (χ3v) is 5.84. The molecule has 0 aliphatic heterocycles. The van der Waals surface area contributed by atoms with Crippen LogP contribution in [-0.2, 0) is 16.6 Å². The number of amides is 2. The summed E-state index contributed by atoms with van der Waals surface area (Å²) in [6.45, 7) is 3.50. The molecule has 2 amide bonds. The number of nitrogens with zero attached hydrogens (tertiary/aromatic N) is 2. The minimum absolute atomic E-state index is 0.0945. The highest BCUT2D eigenvalue weighted by molar-refractivity contribution is 6.02. The number of carbonyl (C=O) groups is 3. The highest BCUT2D eigenvalue weighted by Crippen LogP contribution is 2.44. The number of aromatic nitrogens is 2. The van der Waals surface area contributed by atoms with Crippen LogP contribution < -0.4 is 10.6 Å². The van der Waals surface area contributed by atoms with Crippen LogP contribution in [0.25, 0.3) is 11.1 Å². The molecule has 9 nitrogen and oxygen atoms in total. The number of nitrogens with one attached hydrogen (secondary N) is 2. The largest absolute Gasteiger partial charge is 0.480 e. The number of ether oxygens (including phenoxy) is 1. The van der Waals surface area contributed by atoms with Crippen molar-refractivity contribution in [1.29, 1.82) is 0 Å². The van der Waals surface area contributed by atoms with Gasteiger partial charge >= 0.3 is 12.1 Å². The van der Waals surface area contributed by atoms with Gasteiger partial charge in [0.1, 0.15) is 12.6 Å². The Bertz CT molecular complexity index is 1200. The number of carboxylic acids is 1. The van der Waals surface area contributed by atoms with Gasteiger partial charge in [-0.1, -0.05) is 62.4 Å². The zero-order valence-electron chi connectivity index (χ0n) is 19.1. The molecule has 4 rings (SSSR count). The second-order valence-electron chi connectivity index (χ2n) is 8.55. The summed E-state index contributed by atoms with van der Waals surface area (Å²) in [5.74, 6) is -2.28. The fourth-order valence-electron chi connectivity index (χ4n) is 4.22. The highest BCUT2D eigenvalue weighted by Gasteiger charge is 2.30. The Hall–Kier alpha value is -4.14. The van der Waals surface area contributed by atoms with Crippen molar-refractivity contribution in [1.82, 2.24) is 15.1 Å². The fraction of sp³-hybridized carbons (Fsp3) is 0.280. The van der Waals surface area contributed by atoms with Gasteiger partial charge in [0.25, 0.3) is 5.91 Å². The topological polar surface area (TPSA) is 123 Å². The summed E-state index contributed by atoms with van der Waals surface area (Å²) in [5.41, 5.74) is 4.46. The lowest BCUT2D eigenvalue weighted by molar-refractivity contribution is -0.140. The van der Waals surface area contributed by atoms with E-state index in [2.05, 4.69) is 27.9 Å². The standard InChI is InChI=1S/C25H26N4O5/c1-14(2)21(24(31)32)27-23(30)22-20(12-29(3)28-22)26-25(33)34-13-19-17-10-6-4-8-15(17)16-9-5-7-11-18(16)19/h4-12,14,19,21H,13H2,1-3H3,(H,26,33)(H,27,30)(H,31,32)/t21-/m0/s1. The molecular formula is C25H26N4O5. The van der Waals surface area contributed by atoms with Crippen molar-refractivity contribution in [2.45, 2.75) is 25.8 Å². The number of aryl methyl sites for hydroxylation is 1. The molecule has 0 unspecified atom stereocenters. The molecule has 1 heterocycles. The Labute approximate surface area is 196 Å². The van der Waals surface area contributed by atoms with Gasteiger partial charge in [0.05, 0.1) is 5.69 Å². The van der Waals surface area contributed by atoms with Crippen molar-refractivity contribution in [2.24, 2.45) is 13.0 Å². The molecule has 176 valence electrons. The first-order valence-electron chi connectivity index (χ1n) is 11.0. The van der Waals surface area contributed by atoms with Crippen LogP contribution in [-0.4, -0.2) is 45.5 Å². The van der Waals surface area contributed by atoms with Crippen LogP contribution in [0.1, 0.15) is 41.4 Å². The molecule has 0 saturated heterocycles. The van der Waals surface area contributed by atoms with Crippen molar-refractivity contribution < 1.29 is 24.2 Å². The first-order chi connectivity index (χ1) is 16.3. The quantitative estimate of drug-likeness (QED) is 0.493. The number of hydrogen-bond acceptors (Lipinski definition) is 5. The first kappa shape index (κ1) is 23.0. The van der Waals surface area contributed by atoms with E-state index in [1.165, 1.54) is 10.9 Å². The van der Waals surface area contributed by atoms with Gasteiger partial charge in [-0.2, -0.15) is 5.10 Å². The maximum absolute atomic E-state index is 12.7. The molecule has 1 aromatic heterocycles. The molecule has 2 aromatic carbocycles. The lowest BCUT2D eigenvalue weighted by Gasteiger charge is -2.17. The molecule has 3 aromatic rings. The molecule has 0 radical (unpaired) electrons. The molecule has 3 N–H and O–H groups in total. The average molecular weight is 463 g/mol. The van der Waals surface area contributed by atoms with Crippen molar-refractivity contribution in [3.05, 3.63) is 71.5 Å². The van der Waals surface area contributed by atoms with Crippen molar-refractivity contribution in [2.75, 3.05) is 11.9 Å². The van der Waals surface area contributed by atoms with Crippen LogP contribution in [0.3, 0.4) is 0 Å². The van der Waals surface area contributed by atoms with Gasteiger partial charge in [-0.3, -0.25) is 14.8 Å². The average Bonchev–Trinajstić information content (AvgIpc) is 3.33. The third kappa shape index (κ3) is 4.50. The number of hydrogen-bond donors (Lipinski definition) is 3. The van der Waals surface area contributed by atoms with Gasteiger partial charge in [-0.05, 0) is 28.2 Å². The van der Waals surface area contributed by atoms with Crippen LogP contribution >= 0.6 is 0 Å². The van der Waals surface area contributed by atoms with E-state index in [9.17, 15) is 19.5 Å². The van der Waals surface area contributed by atoms with Gasteiger partial charge in [0, 0.05) is 19.2 Å². The van der Waals surface area contributed by atoms with Crippen LogP contribution in [0.15, 0.2) is 54.7 Å². The molecule has 0 saturated carbocycles. The number of rotatable bonds is 7. The minimum Gasteiger partial charge on any atom is -0.480 e. The second-order valence-corrected chi connectivity index (χ2v) is 8.55. The van der Waals surface area contributed by atoms with E-state index in [4.69, 9.17) is 4.74 Å². The molecule has 1 atom stereocenters. The van der Waals surface area contributed by atoms with E-state index < -0.39 is 24.0 Å². The predicted octanol–water partition coefficient (Wildman–Crippen LogP) is 3.62. The van der Waals surface area contributed by atoms with E-state index in [0.717, 1.165) is 22.3 Å². The van der Waals surface area contributed by atoms with Gasteiger partial charge in [0.2, 0.25) is 0 Å². The molecule has 1 aliphatic rings. The third-order valence-electron chi connectivity index (χ3n) is 5.84. The predicted molar refractivity (Wildman–Crippen MR) is 126 cm³/mol. The molecule has 0 fully saturated rings. The summed E-state index contributed by atoms with van der Waals surface area (Å²) in [5, 5.41) is 18.4. The normalized spacial score (nSPS) is 13.2. The minimum atomic E-state index is -1.15. The molecule has 0 bridgehead atoms. The van der Waals surface area contributed by atoms with E-state index in [1.54, 1.807) is 20.9 Å². The summed E-state index contributed by atoms with van der Waals surface area (Å²) in [6.07, 6.45) is 0.726. The van der Waals surface area contributed by atoms with Gasteiger partial charge in [-0.15, -0.1) is 0 Å². The highest BCUT2D eigenvalue weighted by atomic mass is 16.5. The number of anilines is 1. The van der Waals surface area contributed by atoms with Crippen molar-refractivity contribution >= 4 is 23.7 Å². The van der Waals surface area contributed by atoms with E-state index >= 15 is 0 Å². The fourth-order valence-corrected chi connectivity index (χ4v) is 4.22. The zero-order valence-corrected chi connectivity index (χ0v) is 19.1. The number of carbonyl (C=O) groups excluding carboxylic acids is 2. The first-order valence-corrected chi connectivity index (χ1v) is 11.0. The Kier molecular flexibility index (Phi) is 6.36. The van der Waals surface area contributed by atoms with Crippen molar-refractivity contribution in [3.8, 4) is 11.1 Å². The van der Waals surface area contributed by atoms with Gasteiger partial charge < -0.3 is 15.2 Å². The summed E-state index contributed by atoms with van der Waals surface area (Å²) in [7, 11) is 1.59. The summed E-state index contributed by atoms with van der Waals surface area (Å²) < 4.78 is 6.89. The lowest BCUT2D eigenvalue weighted by Crippen LogP contribution is -2.44. The van der Waals surface area contributed by atoms with Gasteiger partial charge in [0.15, 0.2) is 5.69 Å². The van der Waals surface area contributed by atoms with Crippen LogP contribution in [0, 0.1) is 5.92 Å². The summed E-state index contributed by atoms with van der Waals surface area (Å²) >= 11 is 0. The summed E-state index contributed by atoms with van der Waals surface area (Å²) in [6, 6.07) is 14.9. The maximum Gasteiger partial charge on any atom is 0.411 e. The zero-order chi connectivity index (χ0) is 24.4. The van der Waals surface area contributed by atoms with Crippen LogP contribution in [0.4, 0.5) is 10.5 Å². The Morgan fingerprint density at radius 3 is 2.21 bits per heavy atom. The number of carboxylic acid groups (broad SMARTS) is 1. The van der Waals surface area contributed by atoms with Gasteiger partial charge in [-0.25, -0.2) is 9.59 Å². The Morgan fingerprint density at radius 1 is 1.06 bits per heavy atom.